The van der Waals surface area contributed by atoms with E-state index >= 15 is 0 Å². The standard InChI is InChI=1S/C26H52O8/c1-6-10-15-29-20-22(5)34-26(33-19-14-24(27)28)25(32-18-13-9-4)23(31-17-12-8-3)21-30-16-11-7-2/h22-23,25-26H,6-21H2,1-5H3,(H,27,28)/t22?,23?,25?,26-/m1/s1. The fourth-order valence-electron chi connectivity index (χ4n) is 3.03. The van der Waals surface area contributed by atoms with Crippen LogP contribution < -0.4 is 0 Å². The molecule has 0 aliphatic rings. The van der Waals surface area contributed by atoms with Crippen LogP contribution in [0, 0.1) is 0 Å². The van der Waals surface area contributed by atoms with Gasteiger partial charge in [-0.3, -0.25) is 4.79 Å². The monoisotopic (exact) mass is 492 g/mol. The summed E-state index contributed by atoms with van der Waals surface area (Å²) in [7, 11) is 0. The molecule has 0 aliphatic heterocycles. The molecule has 0 aliphatic carbocycles. The van der Waals surface area contributed by atoms with Gasteiger partial charge in [0, 0.05) is 26.4 Å². The van der Waals surface area contributed by atoms with Crippen LogP contribution in [0.15, 0.2) is 0 Å². The summed E-state index contributed by atoms with van der Waals surface area (Å²) in [5.41, 5.74) is 0. The van der Waals surface area contributed by atoms with Gasteiger partial charge in [-0.15, -0.1) is 0 Å². The first-order valence-electron chi connectivity index (χ1n) is 13.4. The van der Waals surface area contributed by atoms with E-state index in [9.17, 15) is 4.79 Å². The SMILES string of the molecule is CCCCOCC(C)O[C@@H](OCCC(=O)O)C(OCCCC)C(COCCCC)OCCCC. The van der Waals surface area contributed by atoms with Crippen LogP contribution >= 0.6 is 0 Å². The Balaban J connectivity index is 5.46. The molecule has 0 saturated heterocycles. The van der Waals surface area contributed by atoms with Crippen molar-refractivity contribution < 1.29 is 38.3 Å². The first-order valence-corrected chi connectivity index (χ1v) is 13.4. The number of ether oxygens (including phenoxy) is 6. The normalized spacial score (nSPS) is 15.2. The van der Waals surface area contributed by atoms with Crippen molar-refractivity contribution >= 4 is 5.97 Å². The van der Waals surface area contributed by atoms with Gasteiger partial charge in [0.1, 0.15) is 12.2 Å². The summed E-state index contributed by atoms with van der Waals surface area (Å²) < 4.78 is 36.2. The molecule has 0 aromatic heterocycles. The molecule has 34 heavy (non-hydrogen) atoms. The number of aliphatic carboxylic acids is 1. The van der Waals surface area contributed by atoms with Crippen molar-refractivity contribution in [3.63, 3.8) is 0 Å². The molecule has 8 nitrogen and oxygen atoms in total. The van der Waals surface area contributed by atoms with Gasteiger partial charge in [0.15, 0.2) is 6.29 Å². The zero-order chi connectivity index (χ0) is 25.4. The van der Waals surface area contributed by atoms with Gasteiger partial charge in [-0.2, -0.15) is 0 Å². The van der Waals surface area contributed by atoms with Gasteiger partial charge in [0.2, 0.25) is 0 Å². The second-order valence-corrected chi connectivity index (χ2v) is 8.64. The number of carboxylic acid groups (broad SMARTS) is 1. The van der Waals surface area contributed by atoms with Crippen LogP contribution in [0.2, 0.25) is 0 Å². The van der Waals surface area contributed by atoms with Crippen molar-refractivity contribution in [3.05, 3.63) is 0 Å². The summed E-state index contributed by atoms with van der Waals surface area (Å²) in [6.07, 6.45) is 5.85. The molecule has 0 heterocycles. The highest BCUT2D eigenvalue weighted by Crippen LogP contribution is 2.19. The van der Waals surface area contributed by atoms with E-state index in [2.05, 4.69) is 27.7 Å². The van der Waals surface area contributed by atoms with E-state index in [1.54, 1.807) is 0 Å². The molecule has 8 heteroatoms. The predicted molar refractivity (Wildman–Crippen MR) is 133 cm³/mol. The molecular weight excluding hydrogens is 440 g/mol. The fraction of sp³-hybridized carbons (Fsp3) is 0.962. The highest BCUT2D eigenvalue weighted by Gasteiger charge is 2.34. The van der Waals surface area contributed by atoms with E-state index in [1.807, 2.05) is 6.92 Å². The van der Waals surface area contributed by atoms with Crippen LogP contribution in [0.4, 0.5) is 0 Å². The van der Waals surface area contributed by atoms with E-state index in [0.29, 0.717) is 39.6 Å². The van der Waals surface area contributed by atoms with Gasteiger partial charge in [-0.05, 0) is 32.6 Å². The van der Waals surface area contributed by atoms with Gasteiger partial charge in [0.25, 0.3) is 0 Å². The predicted octanol–water partition coefficient (Wildman–Crippen LogP) is 5.21. The average molecular weight is 493 g/mol. The molecule has 0 radical (unpaired) electrons. The van der Waals surface area contributed by atoms with Crippen molar-refractivity contribution in [1.82, 2.24) is 0 Å². The van der Waals surface area contributed by atoms with Gasteiger partial charge in [-0.1, -0.05) is 53.4 Å². The average Bonchev–Trinajstić information content (AvgIpc) is 2.81. The van der Waals surface area contributed by atoms with E-state index in [4.69, 9.17) is 33.5 Å². The van der Waals surface area contributed by atoms with E-state index in [-0.39, 0.29) is 25.2 Å². The summed E-state index contributed by atoms with van der Waals surface area (Å²) in [5.74, 6) is -0.920. The number of unbranched alkanes of at least 4 members (excludes halogenated alkanes) is 4. The molecule has 0 aromatic rings. The minimum absolute atomic E-state index is 0.0232. The van der Waals surface area contributed by atoms with E-state index in [0.717, 1.165) is 51.4 Å². The molecule has 3 unspecified atom stereocenters. The van der Waals surface area contributed by atoms with Crippen molar-refractivity contribution in [3.8, 4) is 0 Å². The van der Waals surface area contributed by atoms with Gasteiger partial charge in [0.05, 0.1) is 32.3 Å². The molecule has 1 N–H and O–H groups in total. The number of hydrogen-bond donors (Lipinski definition) is 1. The Hall–Kier alpha value is -0.770. The lowest BCUT2D eigenvalue weighted by Gasteiger charge is -2.34. The third-order valence-corrected chi connectivity index (χ3v) is 5.16. The number of carboxylic acids is 1. The largest absolute Gasteiger partial charge is 0.481 e. The van der Waals surface area contributed by atoms with E-state index in [1.165, 1.54) is 0 Å². The van der Waals surface area contributed by atoms with Crippen molar-refractivity contribution in [2.75, 3.05) is 46.2 Å². The maximum Gasteiger partial charge on any atom is 0.305 e. The molecule has 0 amide bonds. The first-order chi connectivity index (χ1) is 16.5. The smallest absolute Gasteiger partial charge is 0.305 e. The number of rotatable bonds is 26. The fourth-order valence-corrected chi connectivity index (χ4v) is 3.03. The van der Waals surface area contributed by atoms with Crippen LogP contribution in [0.1, 0.15) is 92.4 Å². The summed E-state index contributed by atoms with van der Waals surface area (Å²) in [5, 5.41) is 9.09. The second-order valence-electron chi connectivity index (χ2n) is 8.64. The van der Waals surface area contributed by atoms with Crippen LogP contribution in [0.3, 0.4) is 0 Å². The van der Waals surface area contributed by atoms with Crippen LogP contribution in [0.5, 0.6) is 0 Å². The first kappa shape index (κ1) is 33.2. The Morgan fingerprint density at radius 1 is 0.706 bits per heavy atom. The minimum Gasteiger partial charge on any atom is -0.481 e. The van der Waals surface area contributed by atoms with Crippen molar-refractivity contribution in [1.29, 1.82) is 0 Å². The molecule has 0 aromatic carbocycles. The van der Waals surface area contributed by atoms with Gasteiger partial charge in [-0.25, -0.2) is 0 Å². The molecule has 0 fully saturated rings. The molecule has 4 atom stereocenters. The molecular formula is C26H52O8. The van der Waals surface area contributed by atoms with Gasteiger partial charge >= 0.3 is 5.97 Å². The molecule has 0 bridgehead atoms. The summed E-state index contributed by atoms with van der Waals surface area (Å²) in [4.78, 5) is 11.1. The zero-order valence-corrected chi connectivity index (χ0v) is 22.4. The topological polar surface area (TPSA) is 92.7 Å². The molecule has 0 rings (SSSR count). The van der Waals surface area contributed by atoms with Crippen molar-refractivity contribution in [2.45, 2.75) is 117 Å². The van der Waals surface area contributed by atoms with Crippen molar-refractivity contribution in [2.24, 2.45) is 0 Å². The third kappa shape index (κ3) is 18.5. The van der Waals surface area contributed by atoms with E-state index < -0.39 is 18.4 Å². The number of carbonyl (C=O) groups is 1. The summed E-state index contributed by atoms with van der Waals surface area (Å²) in [6.45, 7) is 13.7. The lowest BCUT2D eigenvalue weighted by atomic mass is 10.2. The summed E-state index contributed by atoms with van der Waals surface area (Å²) >= 11 is 0. The van der Waals surface area contributed by atoms with Crippen LogP contribution in [-0.4, -0.2) is 81.9 Å². The zero-order valence-electron chi connectivity index (χ0n) is 22.4. The molecule has 204 valence electrons. The quantitative estimate of drug-likeness (QED) is 0.130. The Labute approximate surface area is 207 Å². The maximum absolute atomic E-state index is 11.1. The minimum atomic E-state index is -0.920. The Bertz CT molecular complexity index is 449. The third-order valence-electron chi connectivity index (χ3n) is 5.16. The Morgan fingerprint density at radius 3 is 1.79 bits per heavy atom. The lowest BCUT2D eigenvalue weighted by molar-refractivity contribution is -0.258. The maximum atomic E-state index is 11.1. The van der Waals surface area contributed by atoms with Crippen LogP contribution in [-0.2, 0) is 33.2 Å². The highest BCUT2D eigenvalue weighted by molar-refractivity contribution is 5.66. The second kappa shape index (κ2) is 23.9. The lowest BCUT2D eigenvalue weighted by Crippen LogP contribution is -2.48. The number of hydrogen-bond acceptors (Lipinski definition) is 7. The van der Waals surface area contributed by atoms with Crippen LogP contribution in [0.25, 0.3) is 0 Å². The Morgan fingerprint density at radius 2 is 1.24 bits per heavy atom. The molecule has 0 saturated carbocycles. The molecule has 0 spiro atoms. The Kier molecular flexibility index (Phi) is 23.4. The highest BCUT2D eigenvalue weighted by atomic mass is 16.7. The van der Waals surface area contributed by atoms with Gasteiger partial charge < -0.3 is 33.5 Å². The summed E-state index contributed by atoms with van der Waals surface area (Å²) in [6, 6.07) is 0.